The minimum atomic E-state index is 0. The lowest BCUT2D eigenvalue weighted by Gasteiger charge is -2.14. The number of carbonyl (C=O) groups is 1. The zero-order valence-electron chi connectivity index (χ0n) is 12.6. The number of nitrogens with one attached hydrogen (secondary N) is 2. The molecule has 2 N–H and O–H groups in total. The maximum Gasteiger partial charge on any atom is 0.241 e. The highest BCUT2D eigenvalue weighted by Crippen LogP contribution is 2.06. The standard InChI is InChI=1S/C13H22N4OS2.HI/c1-17(2)12(18)9-16-13(14-5-7-19-3)15-8-11-4-6-20-10-11;/h4,6,10H,5,7-9H2,1-3H3,(H2,14,15,16);1H. The molecule has 5 nitrogen and oxygen atoms in total. The number of rotatable bonds is 7. The van der Waals surface area contributed by atoms with Gasteiger partial charge in [0.2, 0.25) is 5.91 Å². The van der Waals surface area contributed by atoms with Crippen molar-refractivity contribution in [2.45, 2.75) is 6.54 Å². The van der Waals surface area contributed by atoms with E-state index in [1.165, 1.54) is 5.56 Å². The Morgan fingerprint density at radius 1 is 1.43 bits per heavy atom. The molecule has 0 fully saturated rings. The van der Waals surface area contributed by atoms with Crippen molar-refractivity contribution in [3.05, 3.63) is 22.4 Å². The lowest BCUT2D eigenvalue weighted by molar-refractivity contribution is -0.127. The predicted octanol–water partition coefficient (Wildman–Crippen LogP) is 1.85. The molecule has 1 rings (SSSR count). The van der Waals surface area contributed by atoms with E-state index in [0.29, 0.717) is 12.5 Å². The Kier molecular flexibility index (Phi) is 11.8. The molecule has 1 aromatic heterocycles. The fourth-order valence-electron chi connectivity index (χ4n) is 1.32. The molecule has 1 aromatic rings. The van der Waals surface area contributed by atoms with Gasteiger partial charge in [-0.25, -0.2) is 4.99 Å². The number of hydrogen-bond acceptors (Lipinski definition) is 4. The average Bonchev–Trinajstić information content (AvgIpc) is 2.94. The van der Waals surface area contributed by atoms with Gasteiger partial charge in [-0.1, -0.05) is 0 Å². The van der Waals surface area contributed by atoms with E-state index < -0.39 is 0 Å². The third-order valence-corrected chi connectivity index (χ3v) is 3.85. The molecule has 0 unspecified atom stereocenters. The molecule has 1 heterocycles. The quantitative estimate of drug-likeness (QED) is 0.293. The molecule has 0 aliphatic heterocycles. The van der Waals surface area contributed by atoms with E-state index in [4.69, 9.17) is 0 Å². The Bertz CT molecular complexity index is 424. The summed E-state index contributed by atoms with van der Waals surface area (Å²) in [5.74, 6) is 1.71. The molecule has 0 aliphatic rings. The van der Waals surface area contributed by atoms with Crippen LogP contribution < -0.4 is 10.6 Å². The average molecular weight is 442 g/mol. The van der Waals surface area contributed by atoms with Gasteiger partial charge in [-0.2, -0.15) is 23.1 Å². The number of halogens is 1. The fraction of sp³-hybridized carbons (Fsp3) is 0.538. The highest BCUT2D eigenvalue weighted by atomic mass is 127. The van der Waals surface area contributed by atoms with Gasteiger partial charge in [-0.15, -0.1) is 24.0 Å². The smallest absolute Gasteiger partial charge is 0.241 e. The van der Waals surface area contributed by atoms with Crippen molar-refractivity contribution >= 4 is 58.9 Å². The number of aliphatic imine (C=N–C) groups is 1. The third kappa shape index (κ3) is 9.20. The molecular weight excluding hydrogens is 419 g/mol. The highest BCUT2D eigenvalue weighted by Gasteiger charge is 2.05. The molecule has 0 saturated carbocycles. The summed E-state index contributed by atoms with van der Waals surface area (Å²) in [6.45, 7) is 1.70. The number of thioether (sulfide) groups is 1. The van der Waals surface area contributed by atoms with Crippen LogP contribution in [0.5, 0.6) is 0 Å². The van der Waals surface area contributed by atoms with E-state index in [-0.39, 0.29) is 36.4 Å². The Balaban J connectivity index is 0.00000400. The molecule has 0 aromatic carbocycles. The summed E-state index contributed by atoms with van der Waals surface area (Å²) in [5.41, 5.74) is 1.18. The zero-order valence-corrected chi connectivity index (χ0v) is 16.6. The minimum absolute atomic E-state index is 0. The van der Waals surface area contributed by atoms with Gasteiger partial charge >= 0.3 is 0 Å². The monoisotopic (exact) mass is 442 g/mol. The number of amides is 1. The van der Waals surface area contributed by atoms with E-state index in [2.05, 4.69) is 33.3 Å². The van der Waals surface area contributed by atoms with Gasteiger partial charge in [-0.3, -0.25) is 4.79 Å². The molecule has 120 valence electrons. The van der Waals surface area contributed by atoms with Crippen LogP contribution in [0.4, 0.5) is 0 Å². The minimum Gasteiger partial charge on any atom is -0.356 e. The van der Waals surface area contributed by atoms with Gasteiger partial charge in [-0.05, 0) is 28.6 Å². The van der Waals surface area contributed by atoms with Crippen LogP contribution in [0.15, 0.2) is 21.8 Å². The normalized spacial score (nSPS) is 10.7. The first-order valence-corrected chi connectivity index (χ1v) is 8.69. The van der Waals surface area contributed by atoms with Crippen LogP contribution in [-0.4, -0.2) is 56.0 Å². The van der Waals surface area contributed by atoms with Gasteiger partial charge in [0, 0.05) is 26.4 Å². The van der Waals surface area contributed by atoms with Gasteiger partial charge < -0.3 is 15.5 Å². The molecule has 0 atom stereocenters. The number of nitrogens with zero attached hydrogens (tertiary/aromatic N) is 2. The van der Waals surface area contributed by atoms with Crippen LogP contribution in [0.1, 0.15) is 5.56 Å². The van der Waals surface area contributed by atoms with Gasteiger partial charge in [0.1, 0.15) is 0 Å². The van der Waals surface area contributed by atoms with Crippen molar-refractivity contribution in [2.24, 2.45) is 4.99 Å². The molecule has 0 spiro atoms. The number of hydrogen-bond donors (Lipinski definition) is 2. The Hall–Kier alpha value is -0.480. The Morgan fingerprint density at radius 2 is 2.19 bits per heavy atom. The van der Waals surface area contributed by atoms with Gasteiger partial charge in [0.25, 0.3) is 0 Å². The van der Waals surface area contributed by atoms with Gasteiger partial charge in [0.05, 0.1) is 13.1 Å². The molecule has 0 bridgehead atoms. The molecule has 0 radical (unpaired) electrons. The largest absolute Gasteiger partial charge is 0.356 e. The summed E-state index contributed by atoms with van der Waals surface area (Å²) in [4.78, 5) is 17.6. The molecule has 0 saturated heterocycles. The zero-order chi connectivity index (χ0) is 14.8. The summed E-state index contributed by atoms with van der Waals surface area (Å²) < 4.78 is 0. The van der Waals surface area contributed by atoms with Gasteiger partial charge in [0.15, 0.2) is 5.96 Å². The van der Waals surface area contributed by atoms with Crippen LogP contribution in [0.2, 0.25) is 0 Å². The van der Waals surface area contributed by atoms with Crippen molar-refractivity contribution in [1.29, 1.82) is 0 Å². The molecule has 8 heteroatoms. The maximum absolute atomic E-state index is 11.6. The second-order valence-corrected chi connectivity index (χ2v) is 6.12. The topological polar surface area (TPSA) is 56.7 Å². The lowest BCUT2D eigenvalue weighted by Crippen LogP contribution is -2.43. The summed E-state index contributed by atoms with van der Waals surface area (Å²) in [5, 5.41) is 10.4. The second-order valence-electron chi connectivity index (χ2n) is 4.36. The van der Waals surface area contributed by atoms with E-state index in [9.17, 15) is 4.79 Å². The van der Waals surface area contributed by atoms with Crippen molar-refractivity contribution in [1.82, 2.24) is 15.5 Å². The predicted molar refractivity (Wildman–Crippen MR) is 104 cm³/mol. The summed E-state index contributed by atoms with van der Waals surface area (Å²) in [6, 6.07) is 2.05. The van der Waals surface area contributed by atoms with Crippen molar-refractivity contribution in [3.8, 4) is 0 Å². The molecule has 21 heavy (non-hydrogen) atoms. The first kappa shape index (κ1) is 20.5. The van der Waals surface area contributed by atoms with Crippen LogP contribution in [-0.2, 0) is 11.3 Å². The van der Waals surface area contributed by atoms with Crippen molar-refractivity contribution < 1.29 is 4.79 Å². The number of thiophene rings is 1. The summed E-state index contributed by atoms with van der Waals surface area (Å²) in [7, 11) is 3.49. The summed E-state index contributed by atoms with van der Waals surface area (Å²) >= 11 is 3.43. The van der Waals surface area contributed by atoms with Crippen molar-refractivity contribution in [3.63, 3.8) is 0 Å². The third-order valence-electron chi connectivity index (χ3n) is 2.50. The summed E-state index contributed by atoms with van der Waals surface area (Å²) in [6.07, 6.45) is 2.06. The van der Waals surface area contributed by atoms with Crippen LogP contribution >= 0.6 is 47.1 Å². The molecule has 0 aliphatic carbocycles. The van der Waals surface area contributed by atoms with Crippen LogP contribution in [0.25, 0.3) is 0 Å². The number of likely N-dealkylation sites (N-methyl/N-ethyl adjacent to an activating group) is 1. The van der Waals surface area contributed by atoms with E-state index in [0.717, 1.165) is 12.3 Å². The first-order chi connectivity index (χ1) is 9.63. The SMILES string of the molecule is CSCCNC(=NCc1ccsc1)NCC(=O)N(C)C.I. The first-order valence-electron chi connectivity index (χ1n) is 6.36. The second kappa shape index (κ2) is 12.1. The Labute approximate surface area is 152 Å². The number of carbonyl (C=O) groups excluding carboxylic acids is 1. The fourth-order valence-corrected chi connectivity index (χ4v) is 2.28. The highest BCUT2D eigenvalue weighted by molar-refractivity contribution is 14.0. The Morgan fingerprint density at radius 3 is 2.76 bits per heavy atom. The van der Waals surface area contributed by atoms with E-state index in [1.54, 1.807) is 42.1 Å². The maximum atomic E-state index is 11.6. The lowest BCUT2D eigenvalue weighted by atomic mass is 10.3. The van der Waals surface area contributed by atoms with E-state index >= 15 is 0 Å². The van der Waals surface area contributed by atoms with E-state index in [1.807, 2.05) is 5.38 Å². The molecular formula is C13H23IN4OS2. The van der Waals surface area contributed by atoms with Crippen LogP contribution in [0, 0.1) is 0 Å². The van der Waals surface area contributed by atoms with Crippen LogP contribution in [0.3, 0.4) is 0 Å². The molecule has 1 amide bonds. The van der Waals surface area contributed by atoms with Crippen molar-refractivity contribution in [2.75, 3.05) is 39.2 Å². The number of guanidine groups is 1.